The summed E-state index contributed by atoms with van der Waals surface area (Å²) in [5.74, 6) is 0.00574. The summed E-state index contributed by atoms with van der Waals surface area (Å²) < 4.78 is 2.10. The summed E-state index contributed by atoms with van der Waals surface area (Å²) in [6.07, 6.45) is -0.424. The zero-order valence-electron chi connectivity index (χ0n) is 9.98. The molecule has 0 radical (unpaired) electrons. The molecule has 18 heavy (non-hydrogen) atoms. The van der Waals surface area contributed by atoms with E-state index in [1.54, 1.807) is 0 Å². The zero-order chi connectivity index (χ0) is 13.1. The molecule has 2 aromatic carbocycles. The van der Waals surface area contributed by atoms with Crippen molar-refractivity contribution in [2.75, 3.05) is 0 Å². The lowest BCUT2D eigenvalue weighted by Crippen LogP contribution is -2.15. The minimum Gasteiger partial charge on any atom is -0.392 e. The van der Waals surface area contributed by atoms with Gasteiger partial charge in [0.1, 0.15) is 0 Å². The molecule has 2 rings (SSSR count). The van der Waals surface area contributed by atoms with Crippen LogP contribution in [0.2, 0.25) is 0 Å². The molecule has 0 heterocycles. The summed E-state index contributed by atoms with van der Waals surface area (Å²) in [6, 6.07) is 16.2. The Hall–Kier alpha value is -0.640. The van der Waals surface area contributed by atoms with Crippen LogP contribution >= 0.6 is 31.9 Å². The molecule has 0 saturated heterocycles. The van der Waals surface area contributed by atoms with Crippen LogP contribution in [-0.4, -0.2) is 11.2 Å². The molecule has 0 amide bonds. The molecule has 0 unspecified atom stereocenters. The highest BCUT2D eigenvalue weighted by Gasteiger charge is 2.19. The smallest absolute Gasteiger partial charge is 0.0621 e. The number of aliphatic hydroxyl groups excluding tert-OH is 1. The molecule has 0 aliphatic carbocycles. The Morgan fingerprint density at radius 3 is 1.39 bits per heavy atom. The Kier molecular flexibility index (Phi) is 4.60. The summed E-state index contributed by atoms with van der Waals surface area (Å²) in [5, 5.41) is 10.0. The number of aliphatic hydroxyl groups is 1. The highest BCUT2D eigenvalue weighted by molar-refractivity contribution is 9.10. The lowest BCUT2D eigenvalue weighted by Gasteiger charge is -2.21. The van der Waals surface area contributed by atoms with Gasteiger partial charge in [-0.2, -0.15) is 0 Å². The molecular weight excluding hydrogens is 356 g/mol. The van der Waals surface area contributed by atoms with Crippen LogP contribution < -0.4 is 0 Å². The second-order valence-electron chi connectivity index (χ2n) is 4.32. The van der Waals surface area contributed by atoms with Crippen LogP contribution in [0.3, 0.4) is 0 Å². The lowest BCUT2D eigenvalue weighted by molar-refractivity contribution is 0.176. The zero-order valence-corrected chi connectivity index (χ0v) is 13.1. The lowest BCUT2D eigenvalue weighted by atomic mass is 9.87. The topological polar surface area (TPSA) is 20.2 Å². The van der Waals surface area contributed by atoms with Gasteiger partial charge in [-0.3, -0.25) is 0 Å². The van der Waals surface area contributed by atoms with E-state index in [1.165, 1.54) is 0 Å². The van der Waals surface area contributed by atoms with Gasteiger partial charge in [-0.05, 0) is 42.3 Å². The third kappa shape index (κ3) is 3.22. The number of halogens is 2. The average Bonchev–Trinajstić information content (AvgIpc) is 2.34. The third-order valence-corrected chi connectivity index (χ3v) is 4.00. The van der Waals surface area contributed by atoms with E-state index in [2.05, 4.69) is 31.9 Å². The van der Waals surface area contributed by atoms with Crippen molar-refractivity contribution in [2.45, 2.75) is 18.9 Å². The Labute approximate surface area is 124 Å². The second-order valence-corrected chi connectivity index (χ2v) is 6.15. The van der Waals surface area contributed by atoms with Gasteiger partial charge >= 0.3 is 0 Å². The molecule has 0 fully saturated rings. The molecule has 0 saturated carbocycles. The average molecular weight is 370 g/mol. The summed E-state index contributed by atoms with van der Waals surface area (Å²) >= 11 is 6.86. The van der Waals surface area contributed by atoms with E-state index in [-0.39, 0.29) is 5.92 Å². The van der Waals surface area contributed by atoms with Gasteiger partial charge in [0.05, 0.1) is 6.10 Å². The van der Waals surface area contributed by atoms with Crippen molar-refractivity contribution in [3.63, 3.8) is 0 Å². The van der Waals surface area contributed by atoms with Crippen molar-refractivity contribution in [1.82, 2.24) is 0 Å². The van der Waals surface area contributed by atoms with Crippen LogP contribution in [0.25, 0.3) is 0 Å². The maximum atomic E-state index is 10.0. The summed E-state index contributed by atoms with van der Waals surface area (Å²) in [6.45, 7) is 1.83. The molecule has 1 nitrogen and oxygen atoms in total. The Morgan fingerprint density at radius 2 is 1.11 bits per heavy atom. The van der Waals surface area contributed by atoms with E-state index in [4.69, 9.17) is 0 Å². The minimum absolute atomic E-state index is 0.00574. The molecule has 1 N–H and O–H groups in total. The molecule has 0 aromatic heterocycles. The number of rotatable bonds is 3. The summed E-state index contributed by atoms with van der Waals surface area (Å²) in [5.41, 5.74) is 2.24. The van der Waals surface area contributed by atoms with E-state index in [0.29, 0.717) is 0 Å². The summed E-state index contributed by atoms with van der Waals surface area (Å²) in [7, 11) is 0. The largest absolute Gasteiger partial charge is 0.392 e. The maximum Gasteiger partial charge on any atom is 0.0621 e. The van der Waals surface area contributed by atoms with Gasteiger partial charge < -0.3 is 5.11 Å². The van der Waals surface area contributed by atoms with Crippen LogP contribution in [0, 0.1) is 0 Å². The molecule has 2 aromatic rings. The van der Waals surface area contributed by atoms with Crippen molar-refractivity contribution in [3.05, 3.63) is 68.6 Å². The third-order valence-electron chi connectivity index (χ3n) is 2.94. The van der Waals surface area contributed by atoms with Crippen LogP contribution in [0.15, 0.2) is 57.5 Å². The van der Waals surface area contributed by atoms with Gasteiger partial charge in [0, 0.05) is 14.9 Å². The molecule has 0 spiro atoms. The van der Waals surface area contributed by atoms with Gasteiger partial charge in [0.25, 0.3) is 0 Å². The molecule has 0 aliphatic heterocycles. The second kappa shape index (κ2) is 6.00. The highest BCUT2D eigenvalue weighted by atomic mass is 79.9. The van der Waals surface area contributed by atoms with Crippen molar-refractivity contribution >= 4 is 31.9 Å². The van der Waals surface area contributed by atoms with Gasteiger partial charge in [-0.15, -0.1) is 0 Å². The summed E-state index contributed by atoms with van der Waals surface area (Å²) in [4.78, 5) is 0. The van der Waals surface area contributed by atoms with E-state index in [0.717, 1.165) is 20.1 Å². The SMILES string of the molecule is C[C@H](O)C(c1ccc(Br)cc1)c1ccc(Br)cc1. The molecular formula is C15H14Br2O. The maximum absolute atomic E-state index is 10.0. The van der Waals surface area contributed by atoms with Crippen LogP contribution in [0.4, 0.5) is 0 Å². The normalized spacial score (nSPS) is 12.7. The molecule has 1 atom stereocenters. The fourth-order valence-corrected chi connectivity index (χ4v) is 2.62. The number of benzene rings is 2. The van der Waals surface area contributed by atoms with E-state index in [9.17, 15) is 5.11 Å². The van der Waals surface area contributed by atoms with Gasteiger partial charge in [0.15, 0.2) is 0 Å². The van der Waals surface area contributed by atoms with Crippen molar-refractivity contribution in [2.24, 2.45) is 0 Å². The monoisotopic (exact) mass is 368 g/mol. The highest BCUT2D eigenvalue weighted by Crippen LogP contribution is 2.29. The quantitative estimate of drug-likeness (QED) is 0.829. The Bertz CT molecular complexity index is 458. The molecule has 3 heteroatoms. The van der Waals surface area contributed by atoms with Crippen molar-refractivity contribution in [1.29, 1.82) is 0 Å². The Morgan fingerprint density at radius 1 is 0.778 bits per heavy atom. The van der Waals surface area contributed by atoms with Gasteiger partial charge in [-0.25, -0.2) is 0 Å². The van der Waals surface area contributed by atoms with Crippen LogP contribution in [-0.2, 0) is 0 Å². The van der Waals surface area contributed by atoms with Gasteiger partial charge in [0.2, 0.25) is 0 Å². The fraction of sp³-hybridized carbons (Fsp3) is 0.200. The molecule has 0 aliphatic rings. The number of hydrogen-bond donors (Lipinski definition) is 1. The first-order valence-corrected chi connectivity index (χ1v) is 7.35. The van der Waals surface area contributed by atoms with Crippen molar-refractivity contribution < 1.29 is 5.11 Å². The first kappa shape index (κ1) is 13.8. The first-order chi connectivity index (χ1) is 8.58. The van der Waals surface area contributed by atoms with Crippen LogP contribution in [0.5, 0.6) is 0 Å². The van der Waals surface area contributed by atoms with E-state index < -0.39 is 6.10 Å². The Balaban J connectivity index is 2.39. The van der Waals surface area contributed by atoms with Crippen LogP contribution in [0.1, 0.15) is 24.0 Å². The van der Waals surface area contributed by atoms with E-state index in [1.807, 2.05) is 55.5 Å². The van der Waals surface area contributed by atoms with Gasteiger partial charge in [-0.1, -0.05) is 56.1 Å². The van der Waals surface area contributed by atoms with Crippen molar-refractivity contribution in [3.8, 4) is 0 Å². The first-order valence-electron chi connectivity index (χ1n) is 5.77. The molecule has 94 valence electrons. The molecule has 0 bridgehead atoms. The standard InChI is InChI=1S/C15H14Br2O/c1-10(18)15(11-2-6-13(16)7-3-11)12-4-8-14(17)9-5-12/h2-10,15,18H,1H3/t10-/m0/s1. The number of hydrogen-bond acceptors (Lipinski definition) is 1. The fourth-order valence-electron chi connectivity index (χ4n) is 2.09. The van der Waals surface area contributed by atoms with E-state index >= 15 is 0 Å². The minimum atomic E-state index is -0.424. The predicted octanol–water partition coefficient (Wildman–Crippen LogP) is 4.72. The predicted molar refractivity (Wildman–Crippen MR) is 81.8 cm³/mol.